The summed E-state index contributed by atoms with van der Waals surface area (Å²) in [7, 11) is 0. The van der Waals surface area contributed by atoms with Gasteiger partial charge in [0.2, 0.25) is 0 Å². The minimum Gasteiger partial charge on any atom is -0.456 e. The Morgan fingerprint density at radius 2 is 1.60 bits per heavy atom. The summed E-state index contributed by atoms with van der Waals surface area (Å²) in [5.74, 6) is -0.316. The van der Waals surface area contributed by atoms with Gasteiger partial charge in [0, 0.05) is 5.69 Å². The standard InChI is InChI=1S/C17H19NO2/c1-17(2,3)20-16(19)14-8-4-6-12(10-14)13-7-5-9-15(18)11-13/h4-11H,18H2,1-3H3. The molecule has 104 valence electrons. The molecule has 2 aromatic carbocycles. The molecule has 0 spiro atoms. The molecule has 0 radical (unpaired) electrons. The maximum atomic E-state index is 12.1. The molecule has 0 aliphatic heterocycles. The van der Waals surface area contributed by atoms with Gasteiger partial charge in [-0.3, -0.25) is 0 Å². The summed E-state index contributed by atoms with van der Waals surface area (Å²) in [5, 5.41) is 0. The van der Waals surface area contributed by atoms with E-state index in [9.17, 15) is 4.79 Å². The molecule has 0 aliphatic carbocycles. The van der Waals surface area contributed by atoms with Crippen LogP contribution in [-0.2, 0) is 4.74 Å². The Morgan fingerprint density at radius 1 is 1.00 bits per heavy atom. The van der Waals surface area contributed by atoms with Gasteiger partial charge in [-0.2, -0.15) is 0 Å². The number of carbonyl (C=O) groups excluding carboxylic acids is 1. The molecular formula is C17H19NO2. The van der Waals surface area contributed by atoms with Crippen molar-refractivity contribution >= 4 is 11.7 Å². The lowest BCUT2D eigenvalue weighted by atomic mass is 10.0. The molecule has 3 heteroatoms. The maximum Gasteiger partial charge on any atom is 0.338 e. The lowest BCUT2D eigenvalue weighted by Crippen LogP contribution is -2.23. The van der Waals surface area contributed by atoms with Gasteiger partial charge in [-0.05, 0) is 56.2 Å². The van der Waals surface area contributed by atoms with E-state index in [1.807, 2.05) is 63.2 Å². The van der Waals surface area contributed by atoms with E-state index in [0.717, 1.165) is 11.1 Å². The highest BCUT2D eigenvalue weighted by Gasteiger charge is 2.18. The summed E-state index contributed by atoms with van der Waals surface area (Å²) in [6, 6.07) is 14.9. The van der Waals surface area contributed by atoms with Crippen molar-refractivity contribution in [3.05, 3.63) is 54.1 Å². The molecule has 0 amide bonds. The fourth-order valence-electron chi connectivity index (χ4n) is 1.88. The lowest BCUT2D eigenvalue weighted by Gasteiger charge is -2.19. The first kappa shape index (κ1) is 14.1. The predicted octanol–water partition coefficient (Wildman–Crippen LogP) is 3.89. The minimum absolute atomic E-state index is 0.316. The van der Waals surface area contributed by atoms with E-state index in [1.54, 1.807) is 6.07 Å². The number of ether oxygens (including phenoxy) is 1. The molecule has 2 N–H and O–H groups in total. The highest BCUT2D eigenvalue weighted by atomic mass is 16.6. The number of nitrogens with two attached hydrogens (primary N) is 1. The zero-order valence-electron chi connectivity index (χ0n) is 12.0. The maximum absolute atomic E-state index is 12.1. The van der Waals surface area contributed by atoms with Crippen LogP contribution in [0.25, 0.3) is 11.1 Å². The smallest absolute Gasteiger partial charge is 0.338 e. The second-order valence-corrected chi connectivity index (χ2v) is 5.71. The van der Waals surface area contributed by atoms with Gasteiger partial charge in [-0.25, -0.2) is 4.79 Å². The third-order valence-corrected chi connectivity index (χ3v) is 2.72. The van der Waals surface area contributed by atoms with Gasteiger partial charge in [0.15, 0.2) is 0 Å². The normalized spacial score (nSPS) is 11.2. The second-order valence-electron chi connectivity index (χ2n) is 5.71. The van der Waals surface area contributed by atoms with Crippen molar-refractivity contribution in [2.24, 2.45) is 0 Å². The van der Waals surface area contributed by atoms with Crippen LogP contribution in [0.5, 0.6) is 0 Å². The molecule has 2 rings (SSSR count). The van der Waals surface area contributed by atoms with Crippen molar-refractivity contribution in [1.82, 2.24) is 0 Å². The Labute approximate surface area is 119 Å². The van der Waals surface area contributed by atoms with E-state index >= 15 is 0 Å². The minimum atomic E-state index is -0.496. The van der Waals surface area contributed by atoms with Crippen molar-refractivity contribution < 1.29 is 9.53 Å². The van der Waals surface area contributed by atoms with Gasteiger partial charge in [0.05, 0.1) is 5.56 Å². The zero-order chi connectivity index (χ0) is 14.8. The monoisotopic (exact) mass is 269 g/mol. The van der Waals surface area contributed by atoms with Crippen LogP contribution in [0.1, 0.15) is 31.1 Å². The third-order valence-electron chi connectivity index (χ3n) is 2.72. The van der Waals surface area contributed by atoms with Crippen LogP contribution in [0, 0.1) is 0 Å². The van der Waals surface area contributed by atoms with Crippen molar-refractivity contribution in [2.45, 2.75) is 26.4 Å². The van der Waals surface area contributed by atoms with Crippen LogP contribution in [0.15, 0.2) is 48.5 Å². The molecule has 0 atom stereocenters. The Morgan fingerprint density at radius 3 is 2.20 bits per heavy atom. The number of rotatable bonds is 2. The van der Waals surface area contributed by atoms with E-state index in [1.165, 1.54) is 0 Å². The predicted molar refractivity (Wildman–Crippen MR) is 81.5 cm³/mol. The highest BCUT2D eigenvalue weighted by molar-refractivity contribution is 5.91. The average Bonchev–Trinajstić information content (AvgIpc) is 2.37. The molecule has 20 heavy (non-hydrogen) atoms. The molecule has 0 aliphatic rings. The second kappa shape index (κ2) is 5.37. The Hall–Kier alpha value is -2.29. The van der Waals surface area contributed by atoms with Crippen LogP contribution < -0.4 is 5.73 Å². The van der Waals surface area contributed by atoms with Crippen LogP contribution in [0.4, 0.5) is 5.69 Å². The topological polar surface area (TPSA) is 52.3 Å². The number of esters is 1. The number of hydrogen-bond donors (Lipinski definition) is 1. The molecule has 0 saturated heterocycles. The summed E-state index contributed by atoms with van der Waals surface area (Å²) in [6.45, 7) is 5.56. The fourth-order valence-corrected chi connectivity index (χ4v) is 1.88. The van der Waals surface area contributed by atoms with Crippen LogP contribution in [-0.4, -0.2) is 11.6 Å². The van der Waals surface area contributed by atoms with Gasteiger partial charge in [-0.15, -0.1) is 0 Å². The summed E-state index contributed by atoms with van der Waals surface area (Å²) in [6.07, 6.45) is 0. The lowest BCUT2D eigenvalue weighted by molar-refractivity contribution is 0.00696. The Bertz CT molecular complexity index is 627. The molecule has 0 bridgehead atoms. The molecule has 0 heterocycles. The number of benzene rings is 2. The van der Waals surface area contributed by atoms with Crippen molar-refractivity contribution in [3.8, 4) is 11.1 Å². The summed E-state index contributed by atoms with van der Waals surface area (Å²) in [4.78, 5) is 12.1. The fraction of sp³-hybridized carbons (Fsp3) is 0.235. The van der Waals surface area contributed by atoms with Gasteiger partial charge < -0.3 is 10.5 Å². The molecule has 0 unspecified atom stereocenters. The number of anilines is 1. The van der Waals surface area contributed by atoms with Crippen molar-refractivity contribution in [3.63, 3.8) is 0 Å². The van der Waals surface area contributed by atoms with E-state index < -0.39 is 5.60 Å². The van der Waals surface area contributed by atoms with Crippen LogP contribution >= 0.6 is 0 Å². The number of hydrogen-bond acceptors (Lipinski definition) is 3. The number of nitrogen functional groups attached to an aromatic ring is 1. The SMILES string of the molecule is CC(C)(C)OC(=O)c1cccc(-c2cccc(N)c2)c1. The largest absolute Gasteiger partial charge is 0.456 e. The average molecular weight is 269 g/mol. The van der Waals surface area contributed by atoms with E-state index in [2.05, 4.69) is 0 Å². The van der Waals surface area contributed by atoms with Gasteiger partial charge in [-0.1, -0.05) is 24.3 Å². The Balaban J connectivity index is 2.31. The van der Waals surface area contributed by atoms with Crippen LogP contribution in [0.2, 0.25) is 0 Å². The molecule has 0 aromatic heterocycles. The van der Waals surface area contributed by atoms with E-state index in [4.69, 9.17) is 10.5 Å². The molecule has 2 aromatic rings. The van der Waals surface area contributed by atoms with E-state index in [0.29, 0.717) is 11.3 Å². The molecule has 0 fully saturated rings. The van der Waals surface area contributed by atoms with E-state index in [-0.39, 0.29) is 5.97 Å². The zero-order valence-corrected chi connectivity index (χ0v) is 12.0. The third kappa shape index (κ3) is 3.60. The molecular weight excluding hydrogens is 250 g/mol. The summed E-state index contributed by atoms with van der Waals surface area (Å²) in [5.41, 5.74) is 8.46. The molecule has 3 nitrogen and oxygen atoms in total. The summed E-state index contributed by atoms with van der Waals surface area (Å²) >= 11 is 0. The first-order valence-electron chi connectivity index (χ1n) is 6.54. The molecule has 0 saturated carbocycles. The van der Waals surface area contributed by atoms with Crippen LogP contribution in [0.3, 0.4) is 0 Å². The summed E-state index contributed by atoms with van der Waals surface area (Å²) < 4.78 is 5.37. The van der Waals surface area contributed by atoms with Crippen molar-refractivity contribution in [2.75, 3.05) is 5.73 Å². The van der Waals surface area contributed by atoms with Gasteiger partial charge in [0.1, 0.15) is 5.60 Å². The highest BCUT2D eigenvalue weighted by Crippen LogP contribution is 2.23. The van der Waals surface area contributed by atoms with Gasteiger partial charge in [0.25, 0.3) is 0 Å². The first-order chi connectivity index (χ1) is 9.35. The quantitative estimate of drug-likeness (QED) is 0.664. The van der Waals surface area contributed by atoms with Gasteiger partial charge >= 0.3 is 5.97 Å². The first-order valence-corrected chi connectivity index (χ1v) is 6.54. The van der Waals surface area contributed by atoms with Crippen molar-refractivity contribution in [1.29, 1.82) is 0 Å². The Kier molecular flexibility index (Phi) is 3.79. The number of carbonyl (C=O) groups is 1.